The zero-order valence-corrected chi connectivity index (χ0v) is 19.7. The summed E-state index contributed by atoms with van der Waals surface area (Å²) in [6, 6.07) is 28.7. The minimum atomic E-state index is -0.519. The summed E-state index contributed by atoms with van der Waals surface area (Å²) in [4.78, 5) is 24.2. The predicted octanol–water partition coefficient (Wildman–Crippen LogP) is 3.76. The van der Waals surface area contributed by atoms with Gasteiger partial charge in [-0.2, -0.15) is 0 Å². The summed E-state index contributed by atoms with van der Waals surface area (Å²) in [6.45, 7) is 0.270. The van der Waals surface area contributed by atoms with Crippen LogP contribution in [0.1, 0.15) is 0 Å². The second kappa shape index (κ2) is 12.4. The first kappa shape index (κ1) is 24.0. The van der Waals surface area contributed by atoms with Crippen LogP contribution in [0.4, 0.5) is 0 Å². The third kappa shape index (κ3) is 6.94. The van der Waals surface area contributed by atoms with E-state index < -0.39 is 5.97 Å². The van der Waals surface area contributed by atoms with Crippen LogP contribution in [0.2, 0.25) is 0 Å². The van der Waals surface area contributed by atoms with Crippen molar-refractivity contribution >= 4 is 23.6 Å². The predicted molar refractivity (Wildman–Crippen MR) is 133 cm³/mol. The van der Waals surface area contributed by atoms with Crippen LogP contribution in [0.25, 0.3) is 17.1 Å². The van der Waals surface area contributed by atoms with Gasteiger partial charge in [0, 0.05) is 11.3 Å². The van der Waals surface area contributed by atoms with Crippen LogP contribution in [-0.2, 0) is 14.3 Å². The van der Waals surface area contributed by atoms with Gasteiger partial charge in [0.2, 0.25) is 0 Å². The summed E-state index contributed by atoms with van der Waals surface area (Å²) < 4.78 is 12.5. The molecule has 0 saturated carbocycles. The molecule has 0 atom stereocenters. The molecule has 9 heteroatoms. The van der Waals surface area contributed by atoms with Gasteiger partial charge in [0.25, 0.3) is 5.91 Å². The summed E-state index contributed by atoms with van der Waals surface area (Å²) in [5.74, 6) is 0.478. The first-order chi connectivity index (χ1) is 17.2. The Kier molecular flexibility index (Phi) is 8.50. The van der Waals surface area contributed by atoms with E-state index in [2.05, 4.69) is 15.5 Å². The number of hydrogen-bond acceptors (Lipinski definition) is 7. The van der Waals surface area contributed by atoms with Crippen LogP contribution >= 0.6 is 11.8 Å². The quantitative estimate of drug-likeness (QED) is 0.195. The Bertz CT molecular complexity index is 1230. The third-order valence-corrected chi connectivity index (χ3v) is 5.70. The molecule has 0 radical (unpaired) electrons. The highest BCUT2D eigenvalue weighted by Crippen LogP contribution is 2.27. The van der Waals surface area contributed by atoms with Gasteiger partial charge in [-0.15, -0.1) is 10.2 Å². The first-order valence-electron chi connectivity index (χ1n) is 11.0. The monoisotopic (exact) mass is 488 g/mol. The lowest BCUT2D eigenvalue weighted by Gasteiger charge is -2.10. The topological polar surface area (TPSA) is 95.3 Å². The molecule has 35 heavy (non-hydrogen) atoms. The second-order valence-electron chi connectivity index (χ2n) is 7.30. The zero-order chi connectivity index (χ0) is 24.3. The highest BCUT2D eigenvalue weighted by Gasteiger charge is 2.17. The Morgan fingerprint density at radius 3 is 2.23 bits per heavy atom. The van der Waals surface area contributed by atoms with Crippen molar-refractivity contribution in [2.24, 2.45) is 0 Å². The lowest BCUT2D eigenvalue weighted by molar-refractivity contribution is -0.145. The molecule has 1 amide bonds. The molecule has 0 aliphatic heterocycles. The molecule has 1 N–H and O–H groups in total. The fourth-order valence-corrected chi connectivity index (χ4v) is 3.94. The van der Waals surface area contributed by atoms with Crippen molar-refractivity contribution in [2.45, 2.75) is 5.16 Å². The summed E-state index contributed by atoms with van der Waals surface area (Å²) in [5, 5.41) is 11.8. The zero-order valence-electron chi connectivity index (χ0n) is 18.9. The van der Waals surface area contributed by atoms with Gasteiger partial charge in [0.05, 0.1) is 12.3 Å². The highest BCUT2D eigenvalue weighted by atomic mass is 32.2. The maximum Gasteiger partial charge on any atom is 0.316 e. The van der Waals surface area contributed by atoms with E-state index in [9.17, 15) is 9.59 Å². The SMILES string of the molecule is O=C(COC(=O)CSc1nnc(-c2ccccc2)n1-c1ccccc1)NCCOc1ccccc1. The van der Waals surface area contributed by atoms with E-state index in [4.69, 9.17) is 9.47 Å². The number of esters is 1. The van der Waals surface area contributed by atoms with E-state index in [1.54, 1.807) is 0 Å². The molecule has 1 aromatic heterocycles. The molecule has 3 aromatic carbocycles. The standard InChI is InChI=1S/C26H24N4O4S/c31-23(27-16-17-33-22-14-8-3-9-15-22)18-34-24(32)19-35-26-29-28-25(20-10-4-1-5-11-20)30(26)21-12-6-2-7-13-21/h1-15H,16-19H2,(H,27,31). The molecule has 0 fully saturated rings. The van der Waals surface area contributed by atoms with E-state index in [-0.39, 0.29) is 18.3 Å². The number of ether oxygens (including phenoxy) is 2. The molecule has 178 valence electrons. The van der Waals surface area contributed by atoms with E-state index in [0.717, 1.165) is 17.0 Å². The molecule has 0 aliphatic carbocycles. The average molecular weight is 489 g/mol. The largest absolute Gasteiger partial charge is 0.492 e. The Balaban J connectivity index is 1.28. The molecule has 8 nitrogen and oxygen atoms in total. The van der Waals surface area contributed by atoms with Crippen LogP contribution in [-0.4, -0.2) is 52.2 Å². The van der Waals surface area contributed by atoms with Crippen LogP contribution in [0.5, 0.6) is 5.75 Å². The first-order valence-corrected chi connectivity index (χ1v) is 12.0. The fourth-order valence-electron chi connectivity index (χ4n) is 3.19. The third-order valence-electron chi connectivity index (χ3n) is 4.80. The smallest absolute Gasteiger partial charge is 0.316 e. The number of nitrogens with zero attached hydrogens (tertiary/aromatic N) is 3. The number of benzene rings is 3. The molecule has 0 saturated heterocycles. The van der Waals surface area contributed by atoms with Gasteiger partial charge >= 0.3 is 5.97 Å². The minimum absolute atomic E-state index is 0.00977. The summed E-state index contributed by atoms with van der Waals surface area (Å²) in [5.41, 5.74) is 1.79. The number of amides is 1. The Hall–Kier alpha value is -4.11. The van der Waals surface area contributed by atoms with Gasteiger partial charge in [-0.25, -0.2) is 0 Å². The van der Waals surface area contributed by atoms with Gasteiger partial charge in [0.1, 0.15) is 12.4 Å². The van der Waals surface area contributed by atoms with Crippen LogP contribution in [0.15, 0.2) is 96.2 Å². The number of nitrogens with one attached hydrogen (secondary N) is 1. The number of carbonyl (C=O) groups is 2. The molecule has 0 aliphatic rings. The number of para-hydroxylation sites is 2. The molecule has 4 rings (SSSR count). The summed E-state index contributed by atoms with van der Waals surface area (Å²) >= 11 is 1.20. The number of thioether (sulfide) groups is 1. The molecular formula is C26H24N4O4S. The lowest BCUT2D eigenvalue weighted by Crippen LogP contribution is -2.32. The van der Waals surface area contributed by atoms with Crippen LogP contribution in [0, 0.1) is 0 Å². The molecule has 0 bridgehead atoms. The minimum Gasteiger partial charge on any atom is -0.492 e. The fraction of sp³-hybridized carbons (Fsp3) is 0.154. The van der Waals surface area contributed by atoms with Crippen molar-refractivity contribution in [3.05, 3.63) is 91.0 Å². The summed E-state index contributed by atoms with van der Waals surface area (Å²) in [7, 11) is 0. The highest BCUT2D eigenvalue weighted by molar-refractivity contribution is 7.99. The Labute approximate surface area is 207 Å². The van der Waals surface area contributed by atoms with Crippen molar-refractivity contribution in [2.75, 3.05) is 25.5 Å². The Morgan fingerprint density at radius 2 is 1.51 bits per heavy atom. The molecule has 0 spiro atoms. The van der Waals surface area contributed by atoms with Crippen molar-refractivity contribution in [1.29, 1.82) is 0 Å². The van der Waals surface area contributed by atoms with Crippen molar-refractivity contribution in [3.8, 4) is 22.8 Å². The molecule has 1 heterocycles. The Morgan fingerprint density at radius 1 is 0.857 bits per heavy atom. The van der Waals surface area contributed by atoms with Crippen LogP contribution < -0.4 is 10.1 Å². The van der Waals surface area contributed by atoms with Crippen LogP contribution in [0.3, 0.4) is 0 Å². The van der Waals surface area contributed by atoms with Gasteiger partial charge < -0.3 is 14.8 Å². The molecular weight excluding hydrogens is 464 g/mol. The molecule has 0 unspecified atom stereocenters. The number of rotatable bonds is 11. The van der Waals surface area contributed by atoms with Crippen molar-refractivity contribution in [1.82, 2.24) is 20.1 Å². The van der Waals surface area contributed by atoms with Gasteiger partial charge in [-0.3, -0.25) is 14.2 Å². The number of carbonyl (C=O) groups excluding carboxylic acids is 2. The maximum atomic E-state index is 12.3. The van der Waals surface area contributed by atoms with Crippen molar-refractivity contribution < 1.29 is 19.1 Å². The second-order valence-corrected chi connectivity index (χ2v) is 8.25. The maximum absolute atomic E-state index is 12.3. The lowest BCUT2D eigenvalue weighted by atomic mass is 10.2. The number of hydrogen-bond donors (Lipinski definition) is 1. The van der Waals surface area contributed by atoms with E-state index in [0.29, 0.717) is 24.1 Å². The van der Waals surface area contributed by atoms with E-state index in [1.165, 1.54) is 11.8 Å². The van der Waals surface area contributed by atoms with E-state index in [1.807, 2.05) is 95.6 Å². The van der Waals surface area contributed by atoms with E-state index >= 15 is 0 Å². The normalized spacial score (nSPS) is 10.5. The van der Waals surface area contributed by atoms with Gasteiger partial charge in [0.15, 0.2) is 17.6 Å². The molecule has 4 aromatic rings. The van der Waals surface area contributed by atoms with Crippen molar-refractivity contribution in [3.63, 3.8) is 0 Å². The average Bonchev–Trinajstić information content (AvgIpc) is 3.34. The summed E-state index contributed by atoms with van der Waals surface area (Å²) in [6.07, 6.45) is 0. The number of aromatic nitrogens is 3. The van der Waals surface area contributed by atoms with Gasteiger partial charge in [-0.05, 0) is 24.3 Å². The van der Waals surface area contributed by atoms with Gasteiger partial charge in [-0.1, -0.05) is 78.5 Å².